The summed E-state index contributed by atoms with van der Waals surface area (Å²) in [6.07, 6.45) is 0.889. The predicted octanol–water partition coefficient (Wildman–Crippen LogP) is 2.93. The van der Waals surface area contributed by atoms with Crippen molar-refractivity contribution in [1.29, 1.82) is 0 Å². The average Bonchev–Trinajstić information content (AvgIpc) is 2.79. The highest BCUT2D eigenvalue weighted by atomic mass is 32.2. The maximum absolute atomic E-state index is 12.2. The third kappa shape index (κ3) is 3.91. The van der Waals surface area contributed by atoms with E-state index in [1.807, 2.05) is 39.0 Å². The Morgan fingerprint density at radius 3 is 2.90 bits per heavy atom. The predicted molar refractivity (Wildman–Crippen MR) is 88.3 cm³/mol. The lowest BCUT2D eigenvalue weighted by Gasteiger charge is -2.26. The molecule has 0 aliphatic heterocycles. The van der Waals surface area contributed by atoms with E-state index in [0.29, 0.717) is 5.69 Å². The van der Waals surface area contributed by atoms with Crippen LogP contribution in [0.15, 0.2) is 23.4 Å². The number of thioether (sulfide) groups is 1. The van der Waals surface area contributed by atoms with E-state index in [1.165, 1.54) is 11.8 Å². The van der Waals surface area contributed by atoms with Crippen LogP contribution in [0.25, 0.3) is 11.0 Å². The number of nitrogens with zero attached hydrogens (tertiary/aromatic N) is 1. The van der Waals surface area contributed by atoms with Gasteiger partial charge in [0.1, 0.15) is 0 Å². The van der Waals surface area contributed by atoms with Crippen LogP contribution in [0, 0.1) is 0 Å². The first kappa shape index (κ1) is 15.7. The van der Waals surface area contributed by atoms with E-state index in [-0.39, 0.29) is 16.7 Å². The fourth-order valence-electron chi connectivity index (χ4n) is 1.80. The summed E-state index contributed by atoms with van der Waals surface area (Å²) in [7, 11) is 0. The molecule has 1 amide bonds. The largest absolute Gasteiger partial charge is 0.399 e. The highest BCUT2D eigenvalue weighted by Gasteiger charge is 2.23. The fourth-order valence-corrected chi connectivity index (χ4v) is 2.62. The number of aromatic amines is 1. The normalized spacial score (nSPS) is 13.3. The topological polar surface area (TPSA) is 83.8 Å². The summed E-state index contributed by atoms with van der Waals surface area (Å²) < 4.78 is 0. The number of nitrogen functional groups attached to an aromatic ring is 1. The minimum Gasteiger partial charge on any atom is -0.399 e. The minimum absolute atomic E-state index is 0.0202. The van der Waals surface area contributed by atoms with E-state index < -0.39 is 0 Å². The van der Waals surface area contributed by atoms with E-state index in [2.05, 4.69) is 22.2 Å². The Morgan fingerprint density at radius 2 is 2.24 bits per heavy atom. The van der Waals surface area contributed by atoms with Crippen LogP contribution in [0.3, 0.4) is 0 Å². The van der Waals surface area contributed by atoms with Gasteiger partial charge in [-0.15, -0.1) is 0 Å². The Labute approximate surface area is 129 Å². The molecule has 1 unspecified atom stereocenters. The van der Waals surface area contributed by atoms with Gasteiger partial charge in [-0.25, -0.2) is 4.98 Å². The van der Waals surface area contributed by atoms with Crippen LogP contribution in [-0.4, -0.2) is 26.7 Å². The maximum atomic E-state index is 12.2. The van der Waals surface area contributed by atoms with Gasteiger partial charge in [-0.2, -0.15) is 0 Å². The van der Waals surface area contributed by atoms with Crippen LogP contribution >= 0.6 is 11.8 Å². The highest BCUT2D eigenvalue weighted by molar-refractivity contribution is 8.00. The summed E-state index contributed by atoms with van der Waals surface area (Å²) in [6, 6.07) is 5.53. The molecule has 0 radical (unpaired) electrons. The Kier molecular flexibility index (Phi) is 4.46. The average molecular weight is 306 g/mol. The Bertz CT molecular complexity index is 650. The molecule has 0 aliphatic rings. The molecule has 0 saturated carbocycles. The monoisotopic (exact) mass is 306 g/mol. The number of amides is 1. The van der Waals surface area contributed by atoms with Crippen LogP contribution in [0.2, 0.25) is 0 Å². The first-order valence-electron chi connectivity index (χ1n) is 7.04. The zero-order valence-corrected chi connectivity index (χ0v) is 13.7. The van der Waals surface area contributed by atoms with Gasteiger partial charge in [0.05, 0.1) is 16.3 Å². The maximum Gasteiger partial charge on any atom is 0.233 e. The third-order valence-corrected chi connectivity index (χ3v) is 4.47. The SMILES string of the molecule is CCC(C)(C)NC(=O)C(C)Sc1nc2ccc(N)cc2[nH]1. The van der Waals surface area contributed by atoms with Crippen molar-refractivity contribution in [3.8, 4) is 0 Å². The lowest BCUT2D eigenvalue weighted by Crippen LogP contribution is -2.46. The summed E-state index contributed by atoms with van der Waals surface area (Å²) in [4.78, 5) is 19.9. The molecule has 2 rings (SSSR count). The molecule has 1 atom stereocenters. The summed E-state index contributed by atoms with van der Waals surface area (Å²) in [6.45, 7) is 7.98. The summed E-state index contributed by atoms with van der Waals surface area (Å²) >= 11 is 1.41. The number of aromatic nitrogens is 2. The zero-order valence-electron chi connectivity index (χ0n) is 12.9. The molecule has 0 aliphatic carbocycles. The molecule has 5 nitrogen and oxygen atoms in total. The van der Waals surface area contributed by atoms with Crippen molar-refractivity contribution in [3.63, 3.8) is 0 Å². The van der Waals surface area contributed by atoms with Gasteiger partial charge in [-0.05, 0) is 45.4 Å². The molecule has 1 heterocycles. The van der Waals surface area contributed by atoms with Gasteiger partial charge in [-0.1, -0.05) is 18.7 Å². The number of imidazole rings is 1. The molecule has 6 heteroatoms. The Morgan fingerprint density at radius 1 is 1.52 bits per heavy atom. The molecule has 21 heavy (non-hydrogen) atoms. The van der Waals surface area contributed by atoms with Crippen LogP contribution in [0.4, 0.5) is 5.69 Å². The molecule has 1 aromatic heterocycles. The Balaban J connectivity index is 2.07. The molecule has 2 aromatic rings. The van der Waals surface area contributed by atoms with Crippen molar-refractivity contribution in [2.24, 2.45) is 0 Å². The lowest BCUT2D eigenvalue weighted by atomic mass is 10.0. The minimum atomic E-state index is -0.214. The van der Waals surface area contributed by atoms with Crippen molar-refractivity contribution >= 4 is 34.4 Å². The number of hydrogen-bond donors (Lipinski definition) is 3. The van der Waals surface area contributed by atoms with Crippen molar-refractivity contribution in [1.82, 2.24) is 15.3 Å². The van der Waals surface area contributed by atoms with E-state index in [1.54, 1.807) is 0 Å². The van der Waals surface area contributed by atoms with Crippen LogP contribution in [-0.2, 0) is 4.79 Å². The number of benzene rings is 1. The second-order valence-electron chi connectivity index (χ2n) is 5.81. The van der Waals surface area contributed by atoms with Crippen LogP contribution < -0.4 is 11.1 Å². The first-order valence-corrected chi connectivity index (χ1v) is 7.92. The molecule has 0 spiro atoms. The zero-order chi connectivity index (χ0) is 15.6. The number of carbonyl (C=O) groups is 1. The number of rotatable bonds is 5. The van der Waals surface area contributed by atoms with Crippen molar-refractivity contribution < 1.29 is 4.79 Å². The van der Waals surface area contributed by atoms with Gasteiger partial charge < -0.3 is 16.0 Å². The standard InChI is InChI=1S/C15H22N4OS/c1-5-15(3,4)19-13(20)9(2)21-14-17-11-7-6-10(16)8-12(11)18-14/h6-9H,5,16H2,1-4H3,(H,17,18)(H,19,20). The Hall–Kier alpha value is -1.69. The second-order valence-corrected chi connectivity index (χ2v) is 7.13. The number of hydrogen-bond acceptors (Lipinski definition) is 4. The van der Waals surface area contributed by atoms with Gasteiger partial charge >= 0.3 is 0 Å². The number of H-pyrrole nitrogens is 1. The van der Waals surface area contributed by atoms with E-state index in [9.17, 15) is 4.79 Å². The second kappa shape index (κ2) is 5.97. The third-order valence-electron chi connectivity index (χ3n) is 3.49. The summed E-state index contributed by atoms with van der Waals surface area (Å²) in [5.74, 6) is 0.0202. The van der Waals surface area contributed by atoms with E-state index in [0.717, 1.165) is 22.6 Å². The number of carbonyl (C=O) groups excluding carboxylic acids is 1. The molecule has 0 fully saturated rings. The highest BCUT2D eigenvalue weighted by Crippen LogP contribution is 2.25. The molecule has 4 N–H and O–H groups in total. The molecular formula is C15H22N4OS. The fraction of sp³-hybridized carbons (Fsp3) is 0.467. The van der Waals surface area contributed by atoms with E-state index in [4.69, 9.17) is 5.73 Å². The molecule has 0 saturated heterocycles. The molecule has 1 aromatic carbocycles. The van der Waals surface area contributed by atoms with Gasteiger partial charge in [0.25, 0.3) is 0 Å². The number of fused-ring (bicyclic) bond motifs is 1. The number of nitrogens with one attached hydrogen (secondary N) is 2. The van der Waals surface area contributed by atoms with Gasteiger partial charge in [0.15, 0.2) is 5.16 Å². The van der Waals surface area contributed by atoms with Gasteiger partial charge in [0, 0.05) is 11.2 Å². The van der Waals surface area contributed by atoms with Gasteiger partial charge in [-0.3, -0.25) is 4.79 Å². The van der Waals surface area contributed by atoms with Gasteiger partial charge in [0.2, 0.25) is 5.91 Å². The quantitative estimate of drug-likeness (QED) is 0.586. The summed E-state index contributed by atoms with van der Waals surface area (Å²) in [5, 5.41) is 3.56. The molecule has 0 bridgehead atoms. The number of nitrogens with two attached hydrogens (primary N) is 1. The van der Waals surface area contributed by atoms with Crippen LogP contribution in [0.1, 0.15) is 34.1 Å². The first-order chi connectivity index (χ1) is 9.80. The molecular weight excluding hydrogens is 284 g/mol. The van der Waals surface area contributed by atoms with Crippen molar-refractivity contribution in [3.05, 3.63) is 18.2 Å². The van der Waals surface area contributed by atoms with E-state index >= 15 is 0 Å². The van der Waals surface area contributed by atoms with Crippen LogP contribution in [0.5, 0.6) is 0 Å². The summed E-state index contributed by atoms with van der Waals surface area (Å²) in [5.41, 5.74) is 8.00. The number of anilines is 1. The van der Waals surface area contributed by atoms with Crippen molar-refractivity contribution in [2.75, 3.05) is 5.73 Å². The smallest absolute Gasteiger partial charge is 0.233 e. The lowest BCUT2D eigenvalue weighted by molar-refractivity contribution is -0.121. The van der Waals surface area contributed by atoms with Crippen molar-refractivity contribution in [2.45, 2.75) is 50.1 Å². The molecule has 114 valence electrons.